The van der Waals surface area contributed by atoms with Crippen LogP contribution in [0.4, 0.5) is 0 Å². The zero-order chi connectivity index (χ0) is 40.0. The summed E-state index contributed by atoms with van der Waals surface area (Å²) in [4.78, 5) is 0. The number of hydrogen-bond acceptors (Lipinski definition) is 0. The van der Waals surface area contributed by atoms with E-state index in [2.05, 4.69) is 232 Å². The van der Waals surface area contributed by atoms with Crippen molar-refractivity contribution < 1.29 is 0 Å². The Labute approximate surface area is 352 Å². The number of benzene rings is 10. The first-order chi connectivity index (χ1) is 29.5. The van der Waals surface area contributed by atoms with Gasteiger partial charge in [0.15, 0.2) is 0 Å². The van der Waals surface area contributed by atoms with Crippen molar-refractivity contribution in [2.24, 2.45) is 0 Å². The molecule has 0 saturated carbocycles. The van der Waals surface area contributed by atoms with E-state index in [1.165, 1.54) is 111 Å². The van der Waals surface area contributed by atoms with Crippen molar-refractivity contribution in [3.63, 3.8) is 0 Å². The maximum absolute atomic E-state index is 2.51. The van der Waals surface area contributed by atoms with E-state index in [9.17, 15) is 0 Å². The van der Waals surface area contributed by atoms with Gasteiger partial charge in [0.1, 0.15) is 0 Å². The molecule has 0 fully saturated rings. The second-order valence-electron chi connectivity index (χ2n) is 17.1. The first-order valence-corrected chi connectivity index (χ1v) is 21.2. The molecule has 0 N–H and O–H groups in total. The molecule has 0 bridgehead atoms. The van der Waals surface area contributed by atoms with Gasteiger partial charge in [-0.25, -0.2) is 0 Å². The SMILES string of the molecule is CC1(C)c2ccccc2-c2cc(-c3cccc(-c4c5ccccc5c(-c5ccc6c(c5)C(c5ccccc5)(c5ccccc5)c5ccccc5-6)c5ccccc45)c3)ccc21. The molecule has 10 aromatic rings. The number of fused-ring (bicyclic) bond motifs is 8. The van der Waals surface area contributed by atoms with Crippen LogP contribution >= 0.6 is 0 Å². The Kier molecular flexibility index (Phi) is 7.59. The highest BCUT2D eigenvalue weighted by molar-refractivity contribution is 6.21. The van der Waals surface area contributed by atoms with Gasteiger partial charge in [0.05, 0.1) is 5.41 Å². The van der Waals surface area contributed by atoms with Crippen molar-refractivity contribution >= 4 is 21.5 Å². The van der Waals surface area contributed by atoms with E-state index in [0.29, 0.717) is 0 Å². The van der Waals surface area contributed by atoms with Crippen LogP contribution < -0.4 is 0 Å². The van der Waals surface area contributed by atoms with Crippen LogP contribution in [0.3, 0.4) is 0 Å². The van der Waals surface area contributed by atoms with Gasteiger partial charge in [0.2, 0.25) is 0 Å². The molecule has 0 heteroatoms. The van der Waals surface area contributed by atoms with Crippen molar-refractivity contribution in [2.45, 2.75) is 24.7 Å². The zero-order valence-corrected chi connectivity index (χ0v) is 33.8. The fourth-order valence-electron chi connectivity index (χ4n) is 11.1. The Morgan fingerprint density at radius 1 is 0.267 bits per heavy atom. The average molecular weight is 763 g/mol. The Morgan fingerprint density at radius 3 is 1.32 bits per heavy atom. The van der Waals surface area contributed by atoms with Gasteiger partial charge in [0.25, 0.3) is 0 Å². The molecular formula is C60H42. The second kappa shape index (κ2) is 13.1. The molecule has 12 rings (SSSR count). The molecule has 0 amide bonds. The maximum atomic E-state index is 2.51. The molecule has 0 saturated heterocycles. The highest BCUT2D eigenvalue weighted by Crippen LogP contribution is 2.57. The molecule has 0 radical (unpaired) electrons. The standard InChI is InChI=1S/C60H42/c1-59(2)53-30-15-13-25-46(53)52-37-40(33-35-54(52)59)39-18-17-19-41(36-39)57-48-26-9-11-28-50(48)58(51-29-12-10-27-49(51)57)42-32-34-47-45-24-14-16-31-55(45)60(56(47)38-42,43-20-5-3-6-21-43)44-22-7-4-8-23-44/h3-38H,1-2H3. The first kappa shape index (κ1) is 34.7. The van der Waals surface area contributed by atoms with Crippen LogP contribution in [-0.4, -0.2) is 0 Å². The van der Waals surface area contributed by atoms with E-state index in [0.717, 1.165) is 0 Å². The van der Waals surface area contributed by atoms with E-state index < -0.39 is 5.41 Å². The predicted molar refractivity (Wildman–Crippen MR) is 253 cm³/mol. The molecule has 0 heterocycles. The number of hydrogen-bond donors (Lipinski definition) is 0. The zero-order valence-electron chi connectivity index (χ0n) is 33.8. The highest BCUT2D eigenvalue weighted by Gasteiger charge is 2.46. The van der Waals surface area contributed by atoms with Gasteiger partial charge < -0.3 is 0 Å². The summed E-state index contributed by atoms with van der Waals surface area (Å²) >= 11 is 0. The second-order valence-corrected chi connectivity index (χ2v) is 17.1. The van der Waals surface area contributed by atoms with Crippen LogP contribution in [0.25, 0.3) is 77.2 Å². The summed E-state index contributed by atoms with van der Waals surface area (Å²) in [6.07, 6.45) is 0. The van der Waals surface area contributed by atoms with E-state index in [1.807, 2.05) is 0 Å². The fourth-order valence-corrected chi connectivity index (χ4v) is 11.1. The minimum Gasteiger partial charge on any atom is -0.0622 e. The van der Waals surface area contributed by atoms with Gasteiger partial charge in [-0.3, -0.25) is 0 Å². The molecule has 0 unspecified atom stereocenters. The van der Waals surface area contributed by atoms with Crippen LogP contribution in [-0.2, 0) is 10.8 Å². The van der Waals surface area contributed by atoms with Gasteiger partial charge in [-0.15, -0.1) is 0 Å². The van der Waals surface area contributed by atoms with Crippen molar-refractivity contribution in [2.75, 3.05) is 0 Å². The summed E-state index contributed by atoms with van der Waals surface area (Å²) in [5.41, 5.74) is 20.3. The summed E-state index contributed by atoms with van der Waals surface area (Å²) in [6.45, 7) is 4.70. The normalized spacial score (nSPS) is 14.1. The van der Waals surface area contributed by atoms with Crippen LogP contribution in [0.15, 0.2) is 218 Å². The molecule has 0 spiro atoms. The minimum absolute atomic E-state index is 0.0146. The van der Waals surface area contributed by atoms with Gasteiger partial charge in [-0.1, -0.05) is 214 Å². The molecule has 0 atom stereocenters. The lowest BCUT2D eigenvalue weighted by molar-refractivity contribution is 0.660. The molecule has 2 aliphatic carbocycles. The largest absolute Gasteiger partial charge is 0.0713 e. The van der Waals surface area contributed by atoms with Crippen molar-refractivity contribution in [1.82, 2.24) is 0 Å². The van der Waals surface area contributed by atoms with Gasteiger partial charge in [0, 0.05) is 5.41 Å². The first-order valence-electron chi connectivity index (χ1n) is 21.2. The third-order valence-corrected chi connectivity index (χ3v) is 13.7. The van der Waals surface area contributed by atoms with Crippen LogP contribution in [0.1, 0.15) is 47.2 Å². The highest BCUT2D eigenvalue weighted by atomic mass is 14.5. The Hall–Kier alpha value is -7.28. The minimum atomic E-state index is -0.466. The lowest BCUT2D eigenvalue weighted by Crippen LogP contribution is -2.28. The van der Waals surface area contributed by atoms with Gasteiger partial charge in [-0.2, -0.15) is 0 Å². The molecule has 0 aliphatic heterocycles. The molecule has 2 aliphatic rings. The molecule has 10 aromatic carbocycles. The van der Waals surface area contributed by atoms with Crippen LogP contribution in [0, 0.1) is 0 Å². The Morgan fingerprint density at radius 2 is 0.700 bits per heavy atom. The molecular weight excluding hydrogens is 721 g/mol. The molecule has 282 valence electrons. The molecule has 0 aromatic heterocycles. The lowest BCUT2D eigenvalue weighted by atomic mass is 9.67. The third kappa shape index (κ3) is 4.85. The van der Waals surface area contributed by atoms with Crippen molar-refractivity contribution in [1.29, 1.82) is 0 Å². The number of rotatable bonds is 5. The summed E-state index contributed by atoms with van der Waals surface area (Å²) in [5.74, 6) is 0. The summed E-state index contributed by atoms with van der Waals surface area (Å²) in [7, 11) is 0. The molecule has 0 nitrogen and oxygen atoms in total. The fraction of sp³-hybridized carbons (Fsp3) is 0.0667. The van der Waals surface area contributed by atoms with E-state index >= 15 is 0 Å². The Balaban J connectivity index is 1.07. The quantitative estimate of drug-likeness (QED) is 0.153. The summed E-state index contributed by atoms with van der Waals surface area (Å²) in [5, 5.41) is 5.03. The van der Waals surface area contributed by atoms with E-state index in [1.54, 1.807) is 0 Å². The Bertz CT molecular complexity index is 3230. The van der Waals surface area contributed by atoms with Crippen molar-refractivity contribution in [3.05, 3.63) is 252 Å². The smallest absolute Gasteiger partial charge is 0.0622 e. The van der Waals surface area contributed by atoms with Gasteiger partial charge >= 0.3 is 0 Å². The van der Waals surface area contributed by atoms with E-state index in [4.69, 9.17) is 0 Å². The van der Waals surface area contributed by atoms with E-state index in [-0.39, 0.29) is 5.41 Å². The lowest BCUT2D eigenvalue weighted by Gasteiger charge is -2.34. The average Bonchev–Trinajstić information content (AvgIpc) is 3.73. The summed E-state index contributed by atoms with van der Waals surface area (Å²) < 4.78 is 0. The monoisotopic (exact) mass is 762 g/mol. The maximum Gasteiger partial charge on any atom is 0.0713 e. The third-order valence-electron chi connectivity index (χ3n) is 13.7. The van der Waals surface area contributed by atoms with Crippen LogP contribution in [0.2, 0.25) is 0 Å². The van der Waals surface area contributed by atoms with Crippen molar-refractivity contribution in [3.8, 4) is 55.6 Å². The van der Waals surface area contributed by atoms with Gasteiger partial charge in [-0.05, 0) is 129 Å². The predicted octanol–water partition coefficient (Wildman–Crippen LogP) is 15.7. The topological polar surface area (TPSA) is 0 Å². The molecule has 60 heavy (non-hydrogen) atoms. The summed E-state index contributed by atoms with van der Waals surface area (Å²) in [6, 6.07) is 81.8. The van der Waals surface area contributed by atoms with Crippen LogP contribution in [0.5, 0.6) is 0 Å².